The lowest BCUT2D eigenvalue weighted by Crippen LogP contribution is -2.39. The van der Waals surface area contributed by atoms with Crippen molar-refractivity contribution >= 4 is 0 Å². The highest BCUT2D eigenvalue weighted by Crippen LogP contribution is 2.09. The van der Waals surface area contributed by atoms with Gasteiger partial charge in [-0.15, -0.1) is 12.3 Å². The Bertz CT molecular complexity index is 211. The van der Waals surface area contributed by atoms with Crippen molar-refractivity contribution in [2.75, 3.05) is 26.2 Å². The second-order valence-electron chi connectivity index (χ2n) is 5.25. The molecule has 1 aliphatic rings. The molecule has 1 aliphatic heterocycles. The predicted octanol–water partition coefficient (Wildman–Crippen LogP) is 2.11. The lowest BCUT2D eigenvalue weighted by molar-refractivity contribution is 0.222. The lowest BCUT2D eigenvalue weighted by atomic mass is 10.1. The molecular formula is C14H26N2. The van der Waals surface area contributed by atoms with Crippen LogP contribution in [0.15, 0.2) is 0 Å². The number of hydrogen-bond acceptors (Lipinski definition) is 2. The zero-order valence-electron chi connectivity index (χ0n) is 10.8. The number of terminal acetylenes is 1. The summed E-state index contributed by atoms with van der Waals surface area (Å²) in [6.07, 6.45) is 10.0. The molecule has 1 N–H and O–H groups in total. The molecule has 2 nitrogen and oxygen atoms in total. The van der Waals surface area contributed by atoms with Crippen molar-refractivity contribution < 1.29 is 0 Å². The molecule has 0 aromatic rings. The van der Waals surface area contributed by atoms with Crippen LogP contribution < -0.4 is 5.32 Å². The molecule has 92 valence electrons. The fourth-order valence-electron chi connectivity index (χ4n) is 2.40. The molecule has 1 saturated heterocycles. The molecule has 1 heterocycles. The summed E-state index contributed by atoms with van der Waals surface area (Å²) in [5, 5.41) is 3.57. The van der Waals surface area contributed by atoms with Gasteiger partial charge in [-0.2, -0.15) is 0 Å². The highest BCUT2D eigenvalue weighted by molar-refractivity contribution is 4.84. The molecule has 1 unspecified atom stereocenters. The molecule has 0 aromatic carbocycles. The van der Waals surface area contributed by atoms with E-state index in [2.05, 4.69) is 30.0 Å². The number of nitrogens with one attached hydrogen (secondary N) is 1. The molecule has 0 saturated carbocycles. The van der Waals surface area contributed by atoms with Gasteiger partial charge < -0.3 is 10.2 Å². The number of rotatable bonds is 7. The summed E-state index contributed by atoms with van der Waals surface area (Å²) in [6.45, 7) is 9.32. The highest BCUT2D eigenvalue weighted by atomic mass is 15.2. The predicted molar refractivity (Wildman–Crippen MR) is 70.4 cm³/mol. The van der Waals surface area contributed by atoms with Gasteiger partial charge in [0.2, 0.25) is 0 Å². The molecule has 0 radical (unpaired) electrons. The topological polar surface area (TPSA) is 15.3 Å². The van der Waals surface area contributed by atoms with E-state index in [0.29, 0.717) is 6.04 Å². The SMILES string of the molecule is C#CCCCN(CC(C)C)CC1CCCN1. The summed E-state index contributed by atoms with van der Waals surface area (Å²) >= 11 is 0. The van der Waals surface area contributed by atoms with Crippen LogP contribution in [-0.2, 0) is 0 Å². The minimum Gasteiger partial charge on any atom is -0.313 e. The van der Waals surface area contributed by atoms with Crippen LogP contribution >= 0.6 is 0 Å². The monoisotopic (exact) mass is 222 g/mol. The van der Waals surface area contributed by atoms with Crippen molar-refractivity contribution in [1.82, 2.24) is 10.2 Å². The van der Waals surface area contributed by atoms with Gasteiger partial charge in [-0.1, -0.05) is 13.8 Å². The summed E-state index contributed by atoms with van der Waals surface area (Å²) in [6, 6.07) is 0.713. The first-order chi connectivity index (χ1) is 7.72. The largest absolute Gasteiger partial charge is 0.313 e. The van der Waals surface area contributed by atoms with Crippen LogP contribution in [0.4, 0.5) is 0 Å². The third kappa shape index (κ3) is 5.53. The molecule has 1 rings (SSSR count). The molecule has 0 spiro atoms. The molecule has 2 heteroatoms. The smallest absolute Gasteiger partial charge is 0.0195 e. The summed E-state index contributed by atoms with van der Waals surface area (Å²) in [5.41, 5.74) is 0. The van der Waals surface area contributed by atoms with Gasteiger partial charge in [-0.3, -0.25) is 0 Å². The van der Waals surface area contributed by atoms with Crippen LogP contribution in [0.3, 0.4) is 0 Å². The molecule has 0 amide bonds. The zero-order valence-corrected chi connectivity index (χ0v) is 10.8. The first-order valence-corrected chi connectivity index (χ1v) is 6.61. The Balaban J connectivity index is 2.27. The average molecular weight is 222 g/mol. The second kappa shape index (κ2) is 7.70. The number of unbranched alkanes of at least 4 members (excludes halogenated alkanes) is 1. The molecule has 0 aromatic heterocycles. The van der Waals surface area contributed by atoms with Crippen LogP contribution in [0, 0.1) is 18.3 Å². The molecule has 0 aliphatic carbocycles. The van der Waals surface area contributed by atoms with E-state index >= 15 is 0 Å². The quantitative estimate of drug-likeness (QED) is 0.524. The van der Waals surface area contributed by atoms with Crippen molar-refractivity contribution in [2.45, 2.75) is 45.6 Å². The van der Waals surface area contributed by atoms with Gasteiger partial charge in [0.15, 0.2) is 0 Å². The Hall–Kier alpha value is -0.520. The van der Waals surface area contributed by atoms with E-state index in [1.807, 2.05) is 0 Å². The lowest BCUT2D eigenvalue weighted by Gasteiger charge is -2.27. The third-order valence-corrected chi connectivity index (χ3v) is 3.06. The summed E-state index contributed by atoms with van der Waals surface area (Å²) in [4.78, 5) is 2.57. The minimum atomic E-state index is 0.713. The zero-order chi connectivity index (χ0) is 11.8. The van der Waals surface area contributed by atoms with Gasteiger partial charge >= 0.3 is 0 Å². The summed E-state index contributed by atoms with van der Waals surface area (Å²) < 4.78 is 0. The highest BCUT2D eigenvalue weighted by Gasteiger charge is 2.17. The first-order valence-electron chi connectivity index (χ1n) is 6.61. The Labute approximate surface area is 101 Å². The van der Waals surface area contributed by atoms with Gasteiger partial charge in [-0.05, 0) is 38.3 Å². The fourth-order valence-corrected chi connectivity index (χ4v) is 2.40. The van der Waals surface area contributed by atoms with Gasteiger partial charge in [0.05, 0.1) is 0 Å². The Morgan fingerprint density at radius 2 is 2.31 bits per heavy atom. The van der Waals surface area contributed by atoms with Gasteiger partial charge in [0.25, 0.3) is 0 Å². The van der Waals surface area contributed by atoms with Crippen molar-refractivity contribution in [3.05, 3.63) is 0 Å². The minimum absolute atomic E-state index is 0.713. The van der Waals surface area contributed by atoms with E-state index in [4.69, 9.17) is 6.42 Å². The molecule has 1 atom stereocenters. The fraction of sp³-hybridized carbons (Fsp3) is 0.857. The standard InChI is InChI=1S/C14H26N2/c1-4-5-6-10-16(11-13(2)3)12-14-8-7-9-15-14/h1,13-15H,5-12H2,2-3H3. The maximum Gasteiger partial charge on any atom is 0.0195 e. The van der Waals surface area contributed by atoms with Gasteiger partial charge in [0.1, 0.15) is 0 Å². The normalized spacial score (nSPS) is 20.6. The van der Waals surface area contributed by atoms with E-state index in [-0.39, 0.29) is 0 Å². The molecule has 0 bridgehead atoms. The second-order valence-corrected chi connectivity index (χ2v) is 5.25. The Morgan fingerprint density at radius 1 is 1.50 bits per heavy atom. The van der Waals surface area contributed by atoms with Crippen LogP contribution in [0.2, 0.25) is 0 Å². The van der Waals surface area contributed by atoms with Crippen LogP contribution in [0.25, 0.3) is 0 Å². The Kier molecular flexibility index (Phi) is 6.52. The van der Waals surface area contributed by atoms with Gasteiger partial charge in [-0.25, -0.2) is 0 Å². The average Bonchev–Trinajstić information content (AvgIpc) is 2.69. The van der Waals surface area contributed by atoms with Crippen LogP contribution in [-0.4, -0.2) is 37.1 Å². The summed E-state index contributed by atoms with van der Waals surface area (Å²) in [5.74, 6) is 3.47. The molecular weight excluding hydrogens is 196 g/mol. The van der Waals surface area contributed by atoms with Crippen molar-refractivity contribution in [3.8, 4) is 12.3 Å². The van der Waals surface area contributed by atoms with E-state index in [1.165, 1.54) is 32.5 Å². The maximum absolute atomic E-state index is 5.30. The third-order valence-electron chi connectivity index (χ3n) is 3.06. The number of hydrogen-bond donors (Lipinski definition) is 1. The van der Waals surface area contributed by atoms with Crippen molar-refractivity contribution in [2.24, 2.45) is 5.92 Å². The van der Waals surface area contributed by atoms with Gasteiger partial charge in [0, 0.05) is 25.6 Å². The Morgan fingerprint density at radius 3 is 2.88 bits per heavy atom. The van der Waals surface area contributed by atoms with Crippen molar-refractivity contribution in [3.63, 3.8) is 0 Å². The molecule has 16 heavy (non-hydrogen) atoms. The van der Waals surface area contributed by atoms with Crippen LogP contribution in [0.1, 0.15) is 39.5 Å². The van der Waals surface area contributed by atoms with Crippen LogP contribution in [0.5, 0.6) is 0 Å². The van der Waals surface area contributed by atoms with Crippen molar-refractivity contribution in [1.29, 1.82) is 0 Å². The maximum atomic E-state index is 5.30. The van der Waals surface area contributed by atoms with E-state index in [9.17, 15) is 0 Å². The first kappa shape index (κ1) is 13.5. The molecule has 1 fully saturated rings. The summed E-state index contributed by atoms with van der Waals surface area (Å²) in [7, 11) is 0. The van der Waals surface area contributed by atoms with E-state index in [1.54, 1.807) is 0 Å². The number of nitrogens with zero attached hydrogens (tertiary/aromatic N) is 1. The van der Waals surface area contributed by atoms with E-state index in [0.717, 1.165) is 25.3 Å². The van der Waals surface area contributed by atoms with E-state index < -0.39 is 0 Å².